The van der Waals surface area contributed by atoms with Crippen molar-refractivity contribution in [1.82, 2.24) is 29.4 Å². The van der Waals surface area contributed by atoms with Gasteiger partial charge in [-0.3, -0.25) is 43.2 Å². The van der Waals surface area contributed by atoms with E-state index in [1.807, 2.05) is 0 Å². The van der Waals surface area contributed by atoms with Crippen LogP contribution in [0.15, 0.2) is 0 Å². The van der Waals surface area contributed by atoms with E-state index < -0.39 is 162 Å². The third-order valence-electron chi connectivity index (χ3n) is 12.9. The number of benzene rings is 3. The van der Waals surface area contributed by atoms with E-state index in [0.29, 0.717) is 0 Å². The molecule has 0 saturated carbocycles. The summed E-state index contributed by atoms with van der Waals surface area (Å²) in [6, 6.07) is 0. The molecule has 3 aromatic rings. The summed E-state index contributed by atoms with van der Waals surface area (Å²) in [6.45, 7) is -8.05. The van der Waals surface area contributed by atoms with E-state index in [1.165, 1.54) is 40.1 Å². The first-order valence-corrected chi connectivity index (χ1v) is 35.5. The second-order valence-corrected chi connectivity index (χ2v) is 29.3. The van der Waals surface area contributed by atoms with Crippen LogP contribution in [0.3, 0.4) is 0 Å². The van der Waals surface area contributed by atoms with Gasteiger partial charge in [0.05, 0.1) is 130 Å². The molecule has 0 aliphatic rings. The molecule has 90 heavy (non-hydrogen) atoms. The van der Waals surface area contributed by atoms with Gasteiger partial charge in [0, 0.05) is 91.8 Å². The normalized spacial score (nSPS) is 13.3. The van der Waals surface area contributed by atoms with Crippen LogP contribution in [0.1, 0.15) is 62.1 Å². The number of carbonyl (C=O) groups is 9. The number of hydrogen-bond acceptors (Lipinski definition) is 21. The molecule has 39 heteroatoms. The van der Waals surface area contributed by atoms with E-state index in [-0.39, 0.29) is 95.7 Å². The number of anilines is 3. The minimum absolute atomic E-state index is 0.0199. The van der Waals surface area contributed by atoms with Crippen LogP contribution in [0, 0.1) is 32.1 Å². The Bertz CT molecular complexity index is 3090. The van der Waals surface area contributed by atoms with Crippen molar-refractivity contribution in [3.63, 3.8) is 0 Å². The smallest absolute Gasteiger partial charge is 0.256 e. The van der Waals surface area contributed by atoms with Crippen molar-refractivity contribution in [1.29, 1.82) is 0 Å². The molecule has 3 aromatic carbocycles. The third kappa shape index (κ3) is 20.5. The topological polar surface area (TPSA) is 452 Å². The second kappa shape index (κ2) is 38.2. The SMILES string of the molecule is CN(CCN(CCN(C)C(=O)c1c(I)c(NC(=O)C(O)CO)c(I)c(C(=O)N(C)CC(O)CO)c1I)C(=O)c1c(I)c(NC(=O)C(O)CO)c(I)c(C(=O)N(C)CC(O)CO)c1I)C(=O)c1c(I)c(NC(=O)C(O)CO)c(I)c(C(=O)N(C)CC(O)CO)c1I. The lowest BCUT2D eigenvalue weighted by atomic mass is 10.1. The van der Waals surface area contributed by atoms with Crippen LogP contribution in [0.4, 0.5) is 17.1 Å². The number of halogens is 9. The molecule has 3 rings (SSSR count). The minimum Gasteiger partial charge on any atom is -0.394 e. The van der Waals surface area contributed by atoms with Crippen molar-refractivity contribution in [3.05, 3.63) is 65.5 Å². The fraction of sp³-hybridized carbons (Fsp3) is 0.471. The largest absolute Gasteiger partial charge is 0.394 e. The number of carbonyl (C=O) groups excluding carboxylic acids is 9. The van der Waals surface area contributed by atoms with E-state index in [9.17, 15) is 90.0 Å². The summed E-state index contributed by atoms with van der Waals surface area (Å²) in [7, 11) is 6.57. The van der Waals surface area contributed by atoms with Crippen LogP contribution in [-0.4, -0.2) is 301 Å². The van der Waals surface area contributed by atoms with Gasteiger partial charge in [0.1, 0.15) is 0 Å². The molecule has 6 unspecified atom stereocenters. The van der Waals surface area contributed by atoms with Gasteiger partial charge in [0.2, 0.25) is 0 Å². The van der Waals surface area contributed by atoms with Gasteiger partial charge in [-0.15, -0.1) is 0 Å². The number of rotatable bonds is 30. The van der Waals surface area contributed by atoms with Crippen LogP contribution in [-0.2, 0) is 14.4 Å². The summed E-state index contributed by atoms with van der Waals surface area (Å²) in [6.07, 6.45) is -10.1. The van der Waals surface area contributed by atoms with Crippen molar-refractivity contribution in [2.45, 2.75) is 36.6 Å². The molecular weight excluding hydrogens is 2220 g/mol. The van der Waals surface area contributed by atoms with Gasteiger partial charge in [0.25, 0.3) is 53.2 Å². The number of aliphatic hydroxyl groups is 12. The Morgan fingerprint density at radius 3 is 0.711 bits per heavy atom. The Hall–Kier alpha value is -1.02. The molecule has 30 nitrogen and oxygen atoms in total. The summed E-state index contributed by atoms with van der Waals surface area (Å²) < 4.78 is 0.286. The summed E-state index contributed by atoms with van der Waals surface area (Å²) in [5, 5.41) is 127. The Morgan fingerprint density at radius 1 is 0.311 bits per heavy atom. The molecule has 0 aliphatic carbocycles. The number of nitrogens with zero attached hydrogens (tertiary/aromatic N) is 6. The highest BCUT2D eigenvalue weighted by atomic mass is 127. The van der Waals surface area contributed by atoms with E-state index in [4.69, 9.17) is 0 Å². The lowest BCUT2D eigenvalue weighted by molar-refractivity contribution is -0.126. The van der Waals surface area contributed by atoms with Crippen LogP contribution in [0.5, 0.6) is 0 Å². The molecule has 0 spiro atoms. The van der Waals surface area contributed by atoms with Gasteiger partial charge in [0.15, 0.2) is 18.3 Å². The summed E-state index contributed by atoms with van der Waals surface area (Å²) in [5.41, 5.74) is -1.59. The van der Waals surface area contributed by atoms with E-state index in [2.05, 4.69) is 16.0 Å². The van der Waals surface area contributed by atoms with Crippen molar-refractivity contribution >= 4 is 274 Å². The number of nitrogens with one attached hydrogen (secondary N) is 3. The Labute approximate surface area is 637 Å². The Morgan fingerprint density at radius 2 is 0.511 bits per heavy atom. The van der Waals surface area contributed by atoms with E-state index >= 15 is 14.4 Å². The van der Waals surface area contributed by atoms with Gasteiger partial charge in [-0.25, -0.2) is 0 Å². The van der Waals surface area contributed by atoms with Gasteiger partial charge in [-0.1, -0.05) is 0 Å². The molecule has 6 atom stereocenters. The van der Waals surface area contributed by atoms with E-state index in [0.717, 1.165) is 24.5 Å². The highest BCUT2D eigenvalue weighted by Gasteiger charge is 2.37. The molecule has 0 fully saturated rings. The average molecular weight is 2280 g/mol. The zero-order chi connectivity index (χ0) is 68.8. The predicted octanol–water partition coefficient (Wildman–Crippen LogP) is -0.735. The van der Waals surface area contributed by atoms with Crippen LogP contribution in [0.25, 0.3) is 0 Å². The molecule has 9 amide bonds. The van der Waals surface area contributed by atoms with E-state index in [1.54, 1.807) is 203 Å². The fourth-order valence-corrected chi connectivity index (χ4v) is 20.9. The zero-order valence-corrected chi connectivity index (χ0v) is 67.2. The third-order valence-corrected chi connectivity index (χ3v) is 22.6. The van der Waals surface area contributed by atoms with Crippen molar-refractivity contribution in [2.75, 3.05) is 137 Å². The first-order valence-electron chi connectivity index (χ1n) is 25.8. The highest BCUT2D eigenvalue weighted by Crippen LogP contribution is 2.40. The molecule has 0 aromatic heterocycles. The molecule has 0 radical (unpaired) electrons. The van der Waals surface area contributed by atoms with Gasteiger partial charge >= 0.3 is 0 Å². The second-order valence-electron chi connectivity index (χ2n) is 19.6. The van der Waals surface area contributed by atoms with Crippen molar-refractivity contribution < 1.29 is 104 Å². The van der Waals surface area contributed by atoms with Crippen LogP contribution < -0.4 is 16.0 Å². The maximum Gasteiger partial charge on any atom is 0.256 e. The molecule has 15 N–H and O–H groups in total. The number of aliphatic hydroxyl groups excluding tert-OH is 12. The number of hydrogen-bond donors (Lipinski definition) is 15. The maximum atomic E-state index is 15.7. The van der Waals surface area contributed by atoms with Gasteiger partial charge in [-0.2, -0.15) is 0 Å². The Balaban J connectivity index is 2.44. The lowest BCUT2D eigenvalue weighted by Gasteiger charge is -2.31. The molecule has 0 saturated heterocycles. The Kier molecular flexibility index (Phi) is 35.3. The summed E-state index contributed by atoms with van der Waals surface area (Å²) >= 11 is 15.7. The zero-order valence-electron chi connectivity index (χ0n) is 47.8. The molecule has 0 aliphatic heterocycles. The maximum absolute atomic E-state index is 15.7. The molecule has 0 bridgehead atoms. The van der Waals surface area contributed by atoms with Gasteiger partial charge < -0.3 is 107 Å². The van der Waals surface area contributed by atoms with Crippen LogP contribution in [0.2, 0.25) is 0 Å². The number of likely N-dealkylation sites (N-methyl/N-ethyl adjacent to an activating group) is 5. The lowest BCUT2D eigenvalue weighted by Crippen LogP contribution is -2.45. The van der Waals surface area contributed by atoms with Crippen molar-refractivity contribution in [2.24, 2.45) is 0 Å². The number of amides is 9. The summed E-state index contributed by atoms with van der Waals surface area (Å²) in [4.78, 5) is 135. The summed E-state index contributed by atoms with van der Waals surface area (Å²) in [5.74, 6) is -8.31. The molecular formula is C51H62I9N9O21. The first kappa shape index (κ1) is 83.2. The quantitative estimate of drug-likeness (QED) is 0.0366. The average Bonchev–Trinajstić information content (AvgIpc) is 0.789. The highest BCUT2D eigenvalue weighted by molar-refractivity contribution is 14.1. The monoisotopic (exact) mass is 2280 g/mol. The predicted molar refractivity (Wildman–Crippen MR) is 399 cm³/mol. The van der Waals surface area contributed by atoms with Gasteiger partial charge in [-0.05, 0) is 203 Å². The molecule has 500 valence electrons. The minimum atomic E-state index is -1.99. The van der Waals surface area contributed by atoms with Crippen molar-refractivity contribution in [3.8, 4) is 0 Å². The standard InChI is InChI=1S/C51H62I9N9O21/c1-64(46(85)25-31(52)27(48(87)66(3)10-19(76)13-70)36(57)40(34(25)55)61-43(82)22(79)16-73)6-8-69(51(90)30-33(54)29(50(89)68(5)12-21(78)15-72)38(59)42(39(30)60)63-45(84)24(81)18-75)9-7-65(2)47(86)26-32(53)28(49(88)67(4)11-20(77)14-71)37(58)41(35(26)56)62-44(83)23(80)17-74/h19-24,70-81H,6-18H2,1-5H3,(H,61,82)(H,62,83)(H,63,84). The fourth-order valence-electron chi connectivity index (χ4n) is 7.86. The molecule has 0 heterocycles. The van der Waals surface area contributed by atoms with Crippen LogP contribution >= 0.6 is 203 Å². The first-order chi connectivity index (χ1) is 42.0.